The molecule has 4 rings (SSSR count). The predicted octanol–water partition coefficient (Wildman–Crippen LogP) is 2.23. The van der Waals surface area contributed by atoms with Crippen LogP contribution < -0.4 is 10.1 Å². The van der Waals surface area contributed by atoms with Gasteiger partial charge < -0.3 is 30.5 Å². The van der Waals surface area contributed by atoms with Crippen molar-refractivity contribution in [1.29, 1.82) is 0 Å². The van der Waals surface area contributed by atoms with Crippen LogP contribution in [-0.4, -0.2) is 57.3 Å². The smallest absolute Gasteiger partial charge is 0.511 e. The minimum Gasteiger partial charge on any atom is -0.511 e. The van der Waals surface area contributed by atoms with Crippen molar-refractivity contribution in [2.45, 2.75) is 31.2 Å². The lowest BCUT2D eigenvalue weighted by atomic mass is 9.60. The predicted molar refractivity (Wildman–Crippen MR) is 104 cm³/mol. The number of aldehydes is 1. The highest BCUT2D eigenvalue weighted by atomic mass is 19.4. The van der Waals surface area contributed by atoms with Crippen molar-refractivity contribution in [3.05, 3.63) is 39.9 Å². The molecule has 1 aromatic carbocycles. The summed E-state index contributed by atoms with van der Waals surface area (Å²) in [6.07, 6.45) is -5.92. The third kappa shape index (κ3) is 3.16. The first-order valence-electron chi connectivity index (χ1n) is 9.80. The van der Waals surface area contributed by atoms with Crippen LogP contribution in [0.1, 0.15) is 28.8 Å². The number of aromatic hydroxyl groups is 1. The number of aliphatic hydroxyl groups is 3. The van der Waals surface area contributed by atoms with Gasteiger partial charge in [-0.05, 0) is 18.8 Å². The van der Waals surface area contributed by atoms with Gasteiger partial charge in [0.15, 0.2) is 17.7 Å². The maximum absolute atomic E-state index is 13.3. The number of allylic oxidation sites excluding steroid dienone is 2. The van der Waals surface area contributed by atoms with Crippen LogP contribution in [0.2, 0.25) is 0 Å². The molecule has 0 aromatic heterocycles. The van der Waals surface area contributed by atoms with Gasteiger partial charge in [-0.25, -0.2) is 0 Å². The zero-order chi connectivity index (χ0) is 24.5. The van der Waals surface area contributed by atoms with Gasteiger partial charge in [0.1, 0.15) is 23.0 Å². The summed E-state index contributed by atoms with van der Waals surface area (Å²) in [6.45, 7) is 0. The minimum absolute atomic E-state index is 0.0274. The Bertz CT molecular complexity index is 1170. The molecule has 1 unspecified atom stereocenters. The van der Waals surface area contributed by atoms with Crippen molar-refractivity contribution in [1.82, 2.24) is 0 Å². The average Bonchev–Trinajstić information content (AvgIpc) is 2.72. The molecule has 1 aromatic rings. The number of hydrogen-bond donors (Lipinski definition) is 5. The number of alkyl halides is 3. The second-order valence-corrected chi connectivity index (χ2v) is 8.13. The molecule has 0 heterocycles. The molecule has 0 saturated carbocycles. The molecule has 0 fully saturated rings. The molecular formula is C21H18F3NO8. The van der Waals surface area contributed by atoms with Gasteiger partial charge in [0, 0.05) is 36.6 Å². The van der Waals surface area contributed by atoms with E-state index in [0.717, 1.165) is 6.07 Å². The van der Waals surface area contributed by atoms with Crippen molar-refractivity contribution in [3.8, 4) is 11.5 Å². The Morgan fingerprint density at radius 3 is 2.45 bits per heavy atom. The zero-order valence-corrected chi connectivity index (χ0v) is 17.0. The molecular weight excluding hydrogens is 451 g/mol. The summed E-state index contributed by atoms with van der Waals surface area (Å²) in [6, 6.07) is 0.887. The lowest BCUT2D eigenvalue weighted by molar-refractivity contribution is -0.275. The van der Waals surface area contributed by atoms with Crippen LogP contribution in [0, 0.1) is 11.8 Å². The Morgan fingerprint density at radius 2 is 1.88 bits per heavy atom. The van der Waals surface area contributed by atoms with Crippen LogP contribution in [0.3, 0.4) is 0 Å². The fourth-order valence-electron chi connectivity index (χ4n) is 4.95. The number of rotatable bonds is 3. The van der Waals surface area contributed by atoms with Crippen LogP contribution in [0.25, 0.3) is 0 Å². The van der Waals surface area contributed by atoms with E-state index in [1.807, 2.05) is 0 Å². The van der Waals surface area contributed by atoms with Crippen molar-refractivity contribution >= 4 is 23.5 Å². The Labute approximate surface area is 183 Å². The number of nitrogens with one attached hydrogen (secondary N) is 1. The number of benzene rings is 1. The molecule has 3 atom stereocenters. The average molecular weight is 469 g/mol. The number of phenols is 1. The first-order valence-corrected chi connectivity index (χ1v) is 9.80. The van der Waals surface area contributed by atoms with Crippen molar-refractivity contribution in [3.63, 3.8) is 0 Å². The Kier molecular flexibility index (Phi) is 4.97. The first-order chi connectivity index (χ1) is 15.3. The number of hydrogen-bond acceptors (Lipinski definition) is 9. The summed E-state index contributed by atoms with van der Waals surface area (Å²) in [7, 11) is 1.29. The van der Waals surface area contributed by atoms with Crippen LogP contribution in [-0.2, 0) is 16.0 Å². The molecule has 33 heavy (non-hydrogen) atoms. The molecule has 9 nitrogen and oxygen atoms in total. The van der Waals surface area contributed by atoms with E-state index in [4.69, 9.17) is 0 Å². The summed E-state index contributed by atoms with van der Waals surface area (Å²) in [5, 5.41) is 44.9. The van der Waals surface area contributed by atoms with E-state index in [2.05, 4.69) is 10.1 Å². The molecule has 3 aliphatic carbocycles. The van der Waals surface area contributed by atoms with Gasteiger partial charge >= 0.3 is 6.36 Å². The number of carbonyl (C=O) groups is 3. The standard InChI is InChI=1S/C21H18F3NO8/c1-25-11-5-13(33-21(22,23)24)9-3-7-2-8-4-12(27)10(6-26)18(30)20(8,32)19(31)14(7)17(29)15(9)16(11)28/h5-8,25,27-28,31-32H,2-4H2,1H3/t7?,8-,20+/m0/s1. The normalized spacial score (nSPS) is 27.1. The number of phenolic OH excluding ortho intramolecular Hbond substituents is 1. The number of halogens is 3. The number of ketones is 2. The van der Waals surface area contributed by atoms with Crippen LogP contribution in [0.15, 0.2) is 28.7 Å². The van der Waals surface area contributed by atoms with Gasteiger partial charge in [-0.2, -0.15) is 0 Å². The van der Waals surface area contributed by atoms with E-state index in [1.54, 1.807) is 0 Å². The van der Waals surface area contributed by atoms with Crippen molar-refractivity contribution in [2.75, 3.05) is 12.4 Å². The lowest BCUT2D eigenvalue weighted by Gasteiger charge is -2.45. The van der Waals surface area contributed by atoms with E-state index < -0.39 is 75.1 Å². The summed E-state index contributed by atoms with van der Waals surface area (Å²) in [5.41, 5.74) is -4.96. The third-order valence-corrected chi connectivity index (χ3v) is 6.43. The molecule has 0 saturated heterocycles. The minimum atomic E-state index is -5.10. The number of ether oxygens (including phenoxy) is 1. The van der Waals surface area contributed by atoms with E-state index in [0.29, 0.717) is 0 Å². The summed E-state index contributed by atoms with van der Waals surface area (Å²) in [4.78, 5) is 37.3. The lowest BCUT2D eigenvalue weighted by Crippen LogP contribution is -2.56. The Hall–Kier alpha value is -3.54. The summed E-state index contributed by atoms with van der Waals surface area (Å²) >= 11 is 0. The molecule has 0 spiro atoms. The van der Waals surface area contributed by atoms with E-state index >= 15 is 0 Å². The van der Waals surface area contributed by atoms with E-state index in [-0.39, 0.29) is 36.8 Å². The Balaban J connectivity index is 1.93. The quantitative estimate of drug-likeness (QED) is 0.255. The molecule has 3 aliphatic rings. The van der Waals surface area contributed by atoms with Gasteiger partial charge in [0.2, 0.25) is 5.78 Å². The second kappa shape index (κ2) is 7.24. The number of Topliss-reactive ketones (excluding diaryl/α,β-unsaturated/α-hetero) is 2. The SMILES string of the molecule is CNc1cc(OC(F)(F)F)c2c(c1O)C(=O)C1=C(O)[C@]3(O)C(=O)C(C=O)=C(O)C[C@@H]3CC1C2. The van der Waals surface area contributed by atoms with E-state index in [9.17, 15) is 48.0 Å². The maximum atomic E-state index is 13.3. The number of carbonyl (C=O) groups excluding carboxylic acids is 3. The van der Waals surface area contributed by atoms with Gasteiger partial charge in [-0.15, -0.1) is 13.2 Å². The van der Waals surface area contributed by atoms with Gasteiger partial charge in [-0.3, -0.25) is 14.4 Å². The van der Waals surface area contributed by atoms with Gasteiger partial charge in [0.05, 0.1) is 16.8 Å². The topological polar surface area (TPSA) is 153 Å². The highest BCUT2D eigenvalue weighted by molar-refractivity contribution is 6.20. The van der Waals surface area contributed by atoms with Gasteiger partial charge in [-0.1, -0.05) is 0 Å². The maximum Gasteiger partial charge on any atom is 0.573 e. The summed E-state index contributed by atoms with van der Waals surface area (Å²) < 4.78 is 43.1. The van der Waals surface area contributed by atoms with E-state index in [1.165, 1.54) is 7.05 Å². The molecule has 12 heteroatoms. The Morgan fingerprint density at radius 1 is 1.21 bits per heavy atom. The van der Waals surface area contributed by atoms with Crippen LogP contribution in [0.5, 0.6) is 11.5 Å². The number of fused-ring (bicyclic) bond motifs is 3. The molecule has 0 amide bonds. The fourth-order valence-corrected chi connectivity index (χ4v) is 4.95. The first kappa shape index (κ1) is 22.6. The monoisotopic (exact) mass is 469 g/mol. The number of anilines is 1. The van der Waals surface area contributed by atoms with Crippen LogP contribution in [0.4, 0.5) is 18.9 Å². The largest absolute Gasteiger partial charge is 0.573 e. The highest BCUT2D eigenvalue weighted by Gasteiger charge is 2.59. The molecule has 0 aliphatic heterocycles. The molecule has 5 N–H and O–H groups in total. The van der Waals surface area contributed by atoms with Crippen molar-refractivity contribution in [2.24, 2.45) is 11.8 Å². The summed E-state index contributed by atoms with van der Waals surface area (Å²) in [5.74, 6) is -7.55. The zero-order valence-electron chi connectivity index (χ0n) is 17.0. The van der Waals surface area contributed by atoms with Gasteiger partial charge in [0.25, 0.3) is 0 Å². The molecule has 0 radical (unpaired) electrons. The van der Waals surface area contributed by atoms with Crippen molar-refractivity contribution < 1.29 is 52.7 Å². The highest BCUT2D eigenvalue weighted by Crippen LogP contribution is 2.53. The fraction of sp³-hybridized carbons (Fsp3) is 0.381. The van der Waals surface area contributed by atoms with Crippen LogP contribution >= 0.6 is 0 Å². The molecule has 176 valence electrons. The molecule has 0 bridgehead atoms. The second-order valence-electron chi connectivity index (χ2n) is 8.13. The third-order valence-electron chi connectivity index (χ3n) is 6.43. The number of aliphatic hydroxyl groups excluding tert-OH is 2.